The molecule has 17 heavy (non-hydrogen) atoms. The lowest BCUT2D eigenvalue weighted by Gasteiger charge is -2.27. The average molecular weight is 264 g/mol. The second-order valence-electron chi connectivity index (χ2n) is 5.20. The normalized spacial score (nSPS) is 20.6. The molecule has 0 fully saturated rings. The predicted molar refractivity (Wildman–Crippen MR) is 71.7 cm³/mol. The van der Waals surface area contributed by atoms with Crippen molar-refractivity contribution < 1.29 is 19.4 Å². The highest BCUT2D eigenvalue weighted by atomic mass is 28.4. The number of rotatable bonds is 9. The highest BCUT2D eigenvalue weighted by Gasteiger charge is 2.27. The van der Waals surface area contributed by atoms with Crippen LogP contribution in [0, 0.1) is 0 Å². The smallest absolute Gasteiger partial charge is 0.189 e. The lowest BCUT2D eigenvalue weighted by atomic mass is 10.0. The molecule has 0 aliphatic carbocycles. The van der Waals surface area contributed by atoms with Crippen LogP contribution in [0.2, 0.25) is 18.6 Å². The van der Waals surface area contributed by atoms with Gasteiger partial charge in [0, 0.05) is 13.7 Å². The largest absolute Gasteiger partial charge is 0.420 e. The standard InChI is InChI=1S/C12H28O4Si/c1-6-17(5,15-4)9-7-8-16-10-12(3,14)11(2)13/h11,13-14H,6-10H2,1-5H3. The highest BCUT2D eigenvalue weighted by molar-refractivity contribution is 6.72. The van der Waals surface area contributed by atoms with Crippen LogP contribution in [0.25, 0.3) is 0 Å². The Labute approximate surface area is 106 Å². The maximum atomic E-state index is 9.75. The van der Waals surface area contributed by atoms with Gasteiger partial charge in [0.15, 0.2) is 8.32 Å². The number of hydrogen-bond acceptors (Lipinski definition) is 4. The van der Waals surface area contributed by atoms with Crippen LogP contribution in [0.15, 0.2) is 0 Å². The Morgan fingerprint density at radius 2 is 2.00 bits per heavy atom. The summed E-state index contributed by atoms with van der Waals surface area (Å²) >= 11 is 0. The van der Waals surface area contributed by atoms with Crippen molar-refractivity contribution in [2.45, 2.75) is 57.5 Å². The van der Waals surface area contributed by atoms with Gasteiger partial charge in [0.25, 0.3) is 0 Å². The van der Waals surface area contributed by atoms with Crippen LogP contribution in [0.3, 0.4) is 0 Å². The summed E-state index contributed by atoms with van der Waals surface area (Å²) in [6.45, 7) is 8.30. The van der Waals surface area contributed by atoms with Crippen molar-refractivity contribution in [3.05, 3.63) is 0 Å². The van der Waals surface area contributed by atoms with E-state index in [0.717, 1.165) is 18.5 Å². The van der Waals surface area contributed by atoms with E-state index in [4.69, 9.17) is 9.16 Å². The van der Waals surface area contributed by atoms with Gasteiger partial charge in [-0.3, -0.25) is 0 Å². The van der Waals surface area contributed by atoms with Crippen molar-refractivity contribution in [3.63, 3.8) is 0 Å². The molecule has 5 heteroatoms. The summed E-state index contributed by atoms with van der Waals surface area (Å²) in [7, 11) is 0.280. The molecular weight excluding hydrogens is 236 g/mol. The topological polar surface area (TPSA) is 58.9 Å². The second kappa shape index (κ2) is 7.48. The summed E-state index contributed by atoms with van der Waals surface area (Å²) in [5.74, 6) is 0. The first kappa shape index (κ1) is 17.1. The number of hydrogen-bond donors (Lipinski definition) is 2. The Balaban J connectivity index is 3.73. The van der Waals surface area contributed by atoms with E-state index < -0.39 is 20.0 Å². The van der Waals surface area contributed by atoms with Crippen LogP contribution in [0.1, 0.15) is 27.2 Å². The van der Waals surface area contributed by atoms with E-state index in [9.17, 15) is 10.2 Å². The minimum absolute atomic E-state index is 0.169. The lowest BCUT2D eigenvalue weighted by molar-refractivity contribution is -0.102. The molecule has 0 aromatic rings. The first-order chi connectivity index (χ1) is 7.77. The Morgan fingerprint density at radius 3 is 2.41 bits per heavy atom. The molecule has 0 rings (SSSR count). The number of aliphatic hydroxyl groups excluding tert-OH is 1. The van der Waals surface area contributed by atoms with E-state index in [1.54, 1.807) is 21.0 Å². The molecule has 104 valence electrons. The Bertz CT molecular complexity index is 196. The molecule has 3 unspecified atom stereocenters. The van der Waals surface area contributed by atoms with E-state index in [1.807, 2.05) is 0 Å². The van der Waals surface area contributed by atoms with Gasteiger partial charge < -0.3 is 19.4 Å². The van der Waals surface area contributed by atoms with Crippen LogP contribution in [0.5, 0.6) is 0 Å². The van der Waals surface area contributed by atoms with Crippen LogP contribution in [-0.4, -0.2) is 50.6 Å². The third-order valence-corrected chi connectivity index (χ3v) is 7.42. The minimum atomic E-state index is -1.51. The average Bonchev–Trinajstić information content (AvgIpc) is 2.28. The fraction of sp³-hybridized carbons (Fsp3) is 1.00. The summed E-state index contributed by atoms with van der Waals surface area (Å²) < 4.78 is 11.0. The molecular formula is C12H28O4Si. The summed E-state index contributed by atoms with van der Waals surface area (Å²) in [5.41, 5.74) is -1.16. The van der Waals surface area contributed by atoms with Gasteiger partial charge in [-0.2, -0.15) is 0 Å². The molecule has 0 bridgehead atoms. The predicted octanol–water partition coefficient (Wildman–Crippen LogP) is 1.77. The van der Waals surface area contributed by atoms with E-state index in [2.05, 4.69) is 13.5 Å². The van der Waals surface area contributed by atoms with Crippen LogP contribution in [-0.2, 0) is 9.16 Å². The van der Waals surface area contributed by atoms with Crippen molar-refractivity contribution in [1.29, 1.82) is 0 Å². The third kappa shape index (κ3) is 6.52. The Kier molecular flexibility index (Phi) is 7.51. The van der Waals surface area contributed by atoms with Crippen molar-refractivity contribution in [2.24, 2.45) is 0 Å². The summed E-state index contributed by atoms with van der Waals surface area (Å²) in [6.07, 6.45) is 0.164. The Hall–Kier alpha value is 0.0569. The van der Waals surface area contributed by atoms with E-state index in [-0.39, 0.29) is 6.61 Å². The monoisotopic (exact) mass is 264 g/mol. The SMILES string of the molecule is CC[Si](C)(CCCOCC(C)(O)C(C)O)OC. The third-order valence-electron chi connectivity index (χ3n) is 3.53. The van der Waals surface area contributed by atoms with Gasteiger partial charge in [-0.25, -0.2) is 0 Å². The summed E-state index contributed by atoms with van der Waals surface area (Å²) in [4.78, 5) is 0. The quantitative estimate of drug-likeness (QED) is 0.492. The first-order valence-corrected chi connectivity index (χ1v) is 9.13. The zero-order valence-corrected chi connectivity index (χ0v) is 12.8. The van der Waals surface area contributed by atoms with E-state index in [1.165, 1.54) is 0 Å². The zero-order chi connectivity index (χ0) is 13.5. The van der Waals surface area contributed by atoms with Crippen LogP contribution in [0.4, 0.5) is 0 Å². The van der Waals surface area contributed by atoms with Gasteiger partial charge in [0.05, 0.1) is 12.7 Å². The van der Waals surface area contributed by atoms with Gasteiger partial charge in [-0.15, -0.1) is 0 Å². The molecule has 0 aliphatic heterocycles. The Morgan fingerprint density at radius 1 is 1.41 bits per heavy atom. The molecule has 0 aromatic heterocycles. The van der Waals surface area contributed by atoms with Gasteiger partial charge in [-0.05, 0) is 38.9 Å². The van der Waals surface area contributed by atoms with Crippen molar-refractivity contribution >= 4 is 8.32 Å². The van der Waals surface area contributed by atoms with Gasteiger partial charge in [0.1, 0.15) is 5.60 Å². The molecule has 2 N–H and O–H groups in total. The zero-order valence-electron chi connectivity index (χ0n) is 11.8. The fourth-order valence-corrected chi connectivity index (χ4v) is 3.11. The van der Waals surface area contributed by atoms with Crippen molar-refractivity contribution in [2.75, 3.05) is 20.3 Å². The fourth-order valence-electron chi connectivity index (χ4n) is 1.37. The van der Waals surface area contributed by atoms with Crippen LogP contribution < -0.4 is 0 Å². The van der Waals surface area contributed by atoms with E-state index >= 15 is 0 Å². The van der Waals surface area contributed by atoms with E-state index in [0.29, 0.717) is 6.61 Å². The molecule has 0 spiro atoms. The van der Waals surface area contributed by atoms with Gasteiger partial charge >= 0.3 is 0 Å². The number of aliphatic hydroxyl groups is 2. The molecule has 0 heterocycles. The maximum absolute atomic E-state index is 9.75. The highest BCUT2D eigenvalue weighted by Crippen LogP contribution is 2.18. The molecule has 0 aliphatic rings. The molecule has 0 radical (unpaired) electrons. The minimum Gasteiger partial charge on any atom is -0.420 e. The molecule has 0 amide bonds. The molecule has 0 aromatic carbocycles. The van der Waals surface area contributed by atoms with Crippen molar-refractivity contribution in [1.82, 2.24) is 0 Å². The first-order valence-electron chi connectivity index (χ1n) is 6.31. The maximum Gasteiger partial charge on any atom is 0.189 e. The second-order valence-corrected chi connectivity index (χ2v) is 9.71. The lowest BCUT2D eigenvalue weighted by Crippen LogP contribution is -2.42. The summed E-state index contributed by atoms with van der Waals surface area (Å²) in [6, 6.07) is 2.17. The molecule has 0 saturated heterocycles. The van der Waals surface area contributed by atoms with Gasteiger partial charge in [-0.1, -0.05) is 6.92 Å². The molecule has 3 atom stereocenters. The molecule has 0 saturated carbocycles. The number of ether oxygens (including phenoxy) is 1. The summed E-state index contributed by atoms with van der Waals surface area (Å²) in [5, 5.41) is 19.1. The van der Waals surface area contributed by atoms with Crippen LogP contribution >= 0.6 is 0 Å². The molecule has 4 nitrogen and oxygen atoms in total. The van der Waals surface area contributed by atoms with Gasteiger partial charge in [0.2, 0.25) is 0 Å². The van der Waals surface area contributed by atoms with Crippen molar-refractivity contribution in [3.8, 4) is 0 Å².